The maximum atomic E-state index is 6.10. The number of benzene rings is 1. The molecule has 0 spiro atoms. The van der Waals surface area contributed by atoms with E-state index in [9.17, 15) is 0 Å². The van der Waals surface area contributed by atoms with E-state index in [2.05, 4.69) is 19.6 Å². The van der Waals surface area contributed by atoms with E-state index >= 15 is 0 Å². The molecule has 1 rings (SSSR count). The molecule has 14 heavy (non-hydrogen) atoms. The number of hydrogen-bond donors (Lipinski definition) is 1. The number of rotatable bonds is 4. The molecule has 0 N–H and O–H groups in total. The number of ether oxygens (including phenoxy) is 1. The standard InChI is InChI=1S/C11H15ClOS/c1-8(7-14)5-9-3-4-10(13-2)6-11(9)12/h3-4,6,8,14H,5,7H2,1-2H3. The van der Waals surface area contributed by atoms with Gasteiger partial charge in [-0.2, -0.15) is 12.6 Å². The lowest BCUT2D eigenvalue weighted by atomic mass is 10.0. The molecule has 0 aliphatic heterocycles. The monoisotopic (exact) mass is 230 g/mol. The summed E-state index contributed by atoms with van der Waals surface area (Å²) in [7, 11) is 1.64. The largest absolute Gasteiger partial charge is 0.497 e. The topological polar surface area (TPSA) is 9.23 Å². The summed E-state index contributed by atoms with van der Waals surface area (Å²) in [6, 6.07) is 5.80. The molecule has 0 aliphatic carbocycles. The second-order valence-electron chi connectivity index (χ2n) is 3.45. The zero-order valence-electron chi connectivity index (χ0n) is 8.46. The molecule has 3 heteroatoms. The Kier molecular flexibility index (Phi) is 4.63. The van der Waals surface area contributed by atoms with Gasteiger partial charge in [0.05, 0.1) is 7.11 Å². The summed E-state index contributed by atoms with van der Waals surface area (Å²) in [5, 5.41) is 0.776. The minimum atomic E-state index is 0.546. The van der Waals surface area contributed by atoms with E-state index in [1.807, 2.05) is 18.2 Å². The van der Waals surface area contributed by atoms with E-state index in [0.29, 0.717) is 5.92 Å². The van der Waals surface area contributed by atoms with Gasteiger partial charge in [-0.05, 0) is 35.8 Å². The maximum absolute atomic E-state index is 6.10. The molecule has 0 fully saturated rings. The van der Waals surface area contributed by atoms with Crippen LogP contribution in [0, 0.1) is 5.92 Å². The smallest absolute Gasteiger partial charge is 0.120 e. The van der Waals surface area contributed by atoms with Crippen LogP contribution in [0.2, 0.25) is 5.02 Å². The molecule has 0 saturated carbocycles. The van der Waals surface area contributed by atoms with Gasteiger partial charge in [0.2, 0.25) is 0 Å². The molecular formula is C11H15ClOS. The van der Waals surface area contributed by atoms with Gasteiger partial charge in [-0.1, -0.05) is 24.6 Å². The summed E-state index contributed by atoms with van der Waals surface area (Å²) in [4.78, 5) is 0. The Labute approximate surface area is 95.8 Å². The van der Waals surface area contributed by atoms with Crippen molar-refractivity contribution in [2.75, 3.05) is 12.9 Å². The van der Waals surface area contributed by atoms with Crippen LogP contribution in [0.25, 0.3) is 0 Å². The fourth-order valence-corrected chi connectivity index (χ4v) is 1.64. The minimum absolute atomic E-state index is 0.546. The van der Waals surface area contributed by atoms with Crippen LogP contribution in [0.3, 0.4) is 0 Å². The minimum Gasteiger partial charge on any atom is -0.497 e. The molecule has 0 bridgehead atoms. The van der Waals surface area contributed by atoms with Crippen molar-refractivity contribution in [3.63, 3.8) is 0 Å². The van der Waals surface area contributed by atoms with Crippen LogP contribution >= 0.6 is 24.2 Å². The van der Waals surface area contributed by atoms with E-state index in [0.717, 1.165) is 28.5 Å². The van der Waals surface area contributed by atoms with Gasteiger partial charge >= 0.3 is 0 Å². The fraction of sp³-hybridized carbons (Fsp3) is 0.455. The number of hydrogen-bond acceptors (Lipinski definition) is 2. The first kappa shape index (κ1) is 11.7. The Morgan fingerprint density at radius 3 is 2.71 bits per heavy atom. The normalized spacial score (nSPS) is 12.6. The lowest BCUT2D eigenvalue weighted by molar-refractivity contribution is 0.414. The third-order valence-electron chi connectivity index (χ3n) is 2.14. The summed E-state index contributed by atoms with van der Waals surface area (Å²) in [6.45, 7) is 2.16. The second-order valence-corrected chi connectivity index (χ2v) is 4.22. The summed E-state index contributed by atoms with van der Waals surface area (Å²) >= 11 is 10.4. The highest BCUT2D eigenvalue weighted by atomic mass is 35.5. The van der Waals surface area contributed by atoms with E-state index in [1.54, 1.807) is 7.11 Å². The molecule has 1 nitrogen and oxygen atoms in total. The molecule has 0 aliphatic rings. The zero-order chi connectivity index (χ0) is 10.6. The third-order valence-corrected chi connectivity index (χ3v) is 3.12. The van der Waals surface area contributed by atoms with E-state index in [1.165, 1.54) is 0 Å². The van der Waals surface area contributed by atoms with Gasteiger partial charge in [0.25, 0.3) is 0 Å². The lowest BCUT2D eigenvalue weighted by Gasteiger charge is -2.10. The summed E-state index contributed by atoms with van der Waals surface area (Å²) in [5.41, 5.74) is 1.16. The highest BCUT2D eigenvalue weighted by Gasteiger charge is 2.06. The zero-order valence-corrected chi connectivity index (χ0v) is 10.1. The van der Waals surface area contributed by atoms with Crippen LogP contribution in [0.15, 0.2) is 18.2 Å². The van der Waals surface area contributed by atoms with Crippen molar-refractivity contribution in [1.82, 2.24) is 0 Å². The average molecular weight is 231 g/mol. The van der Waals surface area contributed by atoms with Crippen molar-refractivity contribution in [3.8, 4) is 5.75 Å². The highest BCUT2D eigenvalue weighted by Crippen LogP contribution is 2.24. The van der Waals surface area contributed by atoms with Gasteiger partial charge in [0.15, 0.2) is 0 Å². The van der Waals surface area contributed by atoms with Crippen molar-refractivity contribution in [2.24, 2.45) is 5.92 Å². The second kappa shape index (κ2) is 5.52. The molecule has 0 saturated heterocycles. The first-order valence-electron chi connectivity index (χ1n) is 4.60. The Balaban J connectivity index is 2.78. The highest BCUT2D eigenvalue weighted by molar-refractivity contribution is 7.80. The molecule has 0 amide bonds. The van der Waals surface area contributed by atoms with Crippen LogP contribution in [-0.2, 0) is 6.42 Å². The molecule has 1 atom stereocenters. The van der Waals surface area contributed by atoms with E-state index in [-0.39, 0.29) is 0 Å². The fourth-order valence-electron chi connectivity index (χ4n) is 1.26. The van der Waals surface area contributed by atoms with E-state index in [4.69, 9.17) is 16.3 Å². The Bertz CT molecular complexity index is 301. The van der Waals surface area contributed by atoms with Crippen molar-refractivity contribution >= 4 is 24.2 Å². The first-order valence-corrected chi connectivity index (χ1v) is 5.61. The van der Waals surface area contributed by atoms with Gasteiger partial charge in [0, 0.05) is 5.02 Å². The Morgan fingerprint density at radius 1 is 1.50 bits per heavy atom. The van der Waals surface area contributed by atoms with Gasteiger partial charge in [-0.15, -0.1) is 0 Å². The van der Waals surface area contributed by atoms with Crippen LogP contribution in [0.5, 0.6) is 5.75 Å². The summed E-state index contributed by atoms with van der Waals surface area (Å²) < 4.78 is 5.08. The van der Waals surface area contributed by atoms with Crippen molar-refractivity contribution in [3.05, 3.63) is 28.8 Å². The molecule has 1 aromatic rings. The molecule has 1 aromatic carbocycles. The summed E-state index contributed by atoms with van der Waals surface area (Å²) in [6.07, 6.45) is 0.965. The molecule has 0 heterocycles. The molecule has 0 aromatic heterocycles. The first-order chi connectivity index (χ1) is 6.67. The predicted octanol–water partition coefficient (Wildman–Crippen LogP) is 3.46. The van der Waals surface area contributed by atoms with Gasteiger partial charge in [-0.25, -0.2) is 0 Å². The number of halogens is 1. The van der Waals surface area contributed by atoms with Gasteiger partial charge in [0.1, 0.15) is 5.75 Å². The van der Waals surface area contributed by atoms with Crippen molar-refractivity contribution in [1.29, 1.82) is 0 Å². The summed E-state index contributed by atoms with van der Waals surface area (Å²) in [5.74, 6) is 2.23. The van der Waals surface area contributed by atoms with E-state index < -0.39 is 0 Å². The van der Waals surface area contributed by atoms with Crippen LogP contribution in [-0.4, -0.2) is 12.9 Å². The van der Waals surface area contributed by atoms with Crippen LogP contribution < -0.4 is 4.74 Å². The number of methoxy groups -OCH3 is 1. The Hall–Kier alpha value is -0.340. The molecular weight excluding hydrogens is 216 g/mol. The predicted molar refractivity (Wildman–Crippen MR) is 64.7 cm³/mol. The number of thiol groups is 1. The maximum Gasteiger partial charge on any atom is 0.120 e. The lowest BCUT2D eigenvalue weighted by Crippen LogP contribution is -2.01. The van der Waals surface area contributed by atoms with Crippen molar-refractivity contribution < 1.29 is 4.74 Å². The van der Waals surface area contributed by atoms with Gasteiger partial charge in [-0.3, -0.25) is 0 Å². The van der Waals surface area contributed by atoms with Crippen LogP contribution in [0.1, 0.15) is 12.5 Å². The SMILES string of the molecule is COc1ccc(CC(C)CS)c(Cl)c1. The third kappa shape index (κ3) is 3.10. The molecule has 1 unspecified atom stereocenters. The van der Waals surface area contributed by atoms with Gasteiger partial charge < -0.3 is 4.74 Å². The van der Waals surface area contributed by atoms with Crippen molar-refractivity contribution in [2.45, 2.75) is 13.3 Å². The quantitative estimate of drug-likeness (QED) is 0.780. The Morgan fingerprint density at radius 2 is 2.21 bits per heavy atom. The molecule has 78 valence electrons. The van der Waals surface area contributed by atoms with Crippen LogP contribution in [0.4, 0.5) is 0 Å². The molecule has 0 radical (unpaired) electrons. The average Bonchev–Trinajstić information content (AvgIpc) is 2.20.